The van der Waals surface area contributed by atoms with Gasteiger partial charge in [-0.1, -0.05) is 143 Å². The van der Waals surface area contributed by atoms with E-state index in [1.807, 2.05) is 28.7 Å². The summed E-state index contributed by atoms with van der Waals surface area (Å²) in [5, 5.41) is 1.05. The molecule has 0 atom stereocenters. The quantitative estimate of drug-likeness (QED) is 0.0549. The number of unbranched alkanes of at least 4 members (excludes halogenated alkanes) is 3. The molecule has 2 heterocycles. The van der Waals surface area contributed by atoms with E-state index >= 15 is 0 Å². The van der Waals surface area contributed by atoms with Gasteiger partial charge in [-0.25, -0.2) is 0 Å². The Hall–Kier alpha value is -3.88. The predicted octanol–water partition coefficient (Wildman–Crippen LogP) is 13.7. The maximum Gasteiger partial charge on any atom is 0.537 e. The Morgan fingerprint density at radius 2 is 0.833 bits per heavy atom. The van der Waals surface area contributed by atoms with Crippen LogP contribution < -0.4 is 5.19 Å². The zero-order valence-electron chi connectivity index (χ0n) is 32.7. The van der Waals surface area contributed by atoms with Crippen molar-refractivity contribution in [2.24, 2.45) is 0 Å². The standard InChI is InChI=1S/C48H56O3S2Si/c1-6-9-33-49-54(50-34-10-7-2,51-35-11-8-3)46-29-23-43(24-30-46)22-28-45-37-39(5)48(53-45)32-26-42-19-17-41(18-20-42)25-31-47-38(4)36-44(52-47)27-21-40-15-13-12-14-16-40/h12-32,36-37H,6-11,33-35H2,1-5H3/b27-21+,28-22+,31-25+,32-26+. The first-order valence-electron chi connectivity index (χ1n) is 19.5. The van der Waals surface area contributed by atoms with E-state index in [0.29, 0.717) is 19.8 Å². The monoisotopic (exact) mass is 772 g/mol. The zero-order valence-corrected chi connectivity index (χ0v) is 35.3. The first kappa shape index (κ1) is 41.3. The van der Waals surface area contributed by atoms with Gasteiger partial charge in [0, 0.05) is 44.5 Å². The first-order chi connectivity index (χ1) is 26.4. The van der Waals surface area contributed by atoms with Crippen LogP contribution in [0.3, 0.4) is 0 Å². The molecule has 0 saturated heterocycles. The molecular formula is C48H56O3S2Si. The van der Waals surface area contributed by atoms with Crippen LogP contribution >= 0.6 is 22.7 Å². The molecule has 0 amide bonds. The molecule has 0 N–H and O–H groups in total. The Morgan fingerprint density at radius 3 is 1.24 bits per heavy atom. The summed E-state index contributed by atoms with van der Waals surface area (Å²) in [5.74, 6) is 0. The molecule has 5 aromatic rings. The third-order valence-electron chi connectivity index (χ3n) is 9.06. The number of benzene rings is 3. The van der Waals surface area contributed by atoms with Crippen LogP contribution in [0.25, 0.3) is 48.6 Å². The molecule has 0 aliphatic rings. The molecule has 0 saturated carbocycles. The highest BCUT2D eigenvalue weighted by molar-refractivity contribution is 7.14. The largest absolute Gasteiger partial charge is 0.537 e. The van der Waals surface area contributed by atoms with Crippen LogP contribution in [0.1, 0.15) is 112 Å². The third kappa shape index (κ3) is 12.6. The van der Waals surface area contributed by atoms with Crippen molar-refractivity contribution in [2.75, 3.05) is 19.8 Å². The maximum absolute atomic E-state index is 6.51. The fourth-order valence-electron chi connectivity index (χ4n) is 5.75. The molecule has 0 fully saturated rings. The van der Waals surface area contributed by atoms with Gasteiger partial charge in [0.25, 0.3) is 0 Å². The molecule has 6 heteroatoms. The molecule has 0 spiro atoms. The maximum atomic E-state index is 6.51. The molecular weight excluding hydrogens is 717 g/mol. The van der Waals surface area contributed by atoms with E-state index in [9.17, 15) is 0 Å². The van der Waals surface area contributed by atoms with Crippen LogP contribution in [-0.2, 0) is 13.3 Å². The fraction of sp³-hybridized carbons (Fsp3) is 0.292. The van der Waals surface area contributed by atoms with Crippen LogP contribution in [-0.4, -0.2) is 28.6 Å². The first-order valence-corrected chi connectivity index (χ1v) is 22.9. The Kier molecular flexibility index (Phi) is 16.7. The Morgan fingerprint density at radius 1 is 0.463 bits per heavy atom. The van der Waals surface area contributed by atoms with Crippen LogP contribution in [0.2, 0.25) is 0 Å². The minimum absolute atomic E-state index is 0.658. The molecule has 2 aromatic heterocycles. The number of rotatable bonds is 21. The summed E-state index contributed by atoms with van der Waals surface area (Å²) in [6, 6.07) is 32.3. The van der Waals surface area contributed by atoms with E-state index in [1.54, 1.807) is 0 Å². The highest BCUT2D eigenvalue weighted by Gasteiger charge is 2.43. The lowest BCUT2D eigenvalue weighted by Gasteiger charge is -2.30. The van der Waals surface area contributed by atoms with Crippen molar-refractivity contribution in [3.63, 3.8) is 0 Å². The fourth-order valence-corrected chi connectivity index (χ4v) is 10.3. The van der Waals surface area contributed by atoms with Gasteiger partial charge in [0.15, 0.2) is 0 Å². The van der Waals surface area contributed by atoms with Gasteiger partial charge in [-0.15, -0.1) is 22.7 Å². The summed E-state index contributed by atoms with van der Waals surface area (Å²) in [4.78, 5) is 5.06. The minimum atomic E-state index is -3.00. The van der Waals surface area contributed by atoms with Crippen molar-refractivity contribution in [2.45, 2.75) is 73.1 Å². The average molecular weight is 773 g/mol. The van der Waals surface area contributed by atoms with E-state index in [2.05, 4.69) is 168 Å². The van der Waals surface area contributed by atoms with E-state index in [0.717, 1.165) is 49.3 Å². The van der Waals surface area contributed by atoms with E-state index < -0.39 is 8.80 Å². The summed E-state index contributed by atoms with van der Waals surface area (Å²) in [6.45, 7) is 12.9. The molecule has 3 aromatic carbocycles. The Labute approximate surface area is 333 Å². The van der Waals surface area contributed by atoms with E-state index in [1.165, 1.54) is 47.3 Å². The molecule has 0 aliphatic heterocycles. The number of aryl methyl sites for hydroxylation is 2. The SMILES string of the molecule is CCCCO[Si](OCCCC)(OCCCC)c1ccc(/C=C/c2cc(C)c(/C=C/c3ccc(/C=C/c4sc(/C=C/c5ccccc5)cc4C)cc3)s2)cc1. The summed E-state index contributed by atoms with van der Waals surface area (Å²) >= 11 is 3.63. The van der Waals surface area contributed by atoms with Gasteiger partial charge in [0.1, 0.15) is 0 Å². The Balaban J connectivity index is 1.20. The van der Waals surface area contributed by atoms with Gasteiger partial charge in [0.05, 0.1) is 0 Å². The van der Waals surface area contributed by atoms with Gasteiger partial charge in [-0.2, -0.15) is 0 Å². The lowest BCUT2D eigenvalue weighted by atomic mass is 10.1. The summed E-state index contributed by atoms with van der Waals surface area (Å²) in [5.41, 5.74) is 7.32. The molecule has 282 valence electrons. The predicted molar refractivity (Wildman–Crippen MR) is 241 cm³/mol. The summed E-state index contributed by atoms with van der Waals surface area (Å²) in [7, 11) is -3.00. The topological polar surface area (TPSA) is 27.7 Å². The van der Waals surface area contributed by atoms with Crippen LogP contribution in [0.15, 0.2) is 91.0 Å². The van der Waals surface area contributed by atoms with Gasteiger partial charge < -0.3 is 13.3 Å². The molecule has 54 heavy (non-hydrogen) atoms. The second-order valence-corrected chi connectivity index (χ2v) is 18.4. The molecule has 5 rings (SSSR count). The zero-order chi connectivity index (χ0) is 38.0. The van der Waals surface area contributed by atoms with Crippen molar-refractivity contribution >= 4 is 85.3 Å². The van der Waals surface area contributed by atoms with Crippen LogP contribution in [0.4, 0.5) is 0 Å². The van der Waals surface area contributed by atoms with Crippen LogP contribution in [0.5, 0.6) is 0 Å². The highest BCUT2D eigenvalue weighted by atomic mass is 32.1. The Bertz CT molecular complexity index is 1940. The van der Waals surface area contributed by atoms with Gasteiger partial charge in [-0.3, -0.25) is 0 Å². The lowest BCUT2D eigenvalue weighted by Crippen LogP contribution is -2.57. The van der Waals surface area contributed by atoms with Crippen molar-refractivity contribution in [3.8, 4) is 0 Å². The van der Waals surface area contributed by atoms with Gasteiger partial charge in [-0.05, 0) is 103 Å². The molecule has 0 bridgehead atoms. The second kappa shape index (κ2) is 21.9. The average Bonchev–Trinajstić information content (AvgIpc) is 3.75. The van der Waals surface area contributed by atoms with E-state index in [-0.39, 0.29) is 0 Å². The normalized spacial score (nSPS) is 12.4. The van der Waals surface area contributed by atoms with Gasteiger partial charge in [0.2, 0.25) is 0 Å². The van der Waals surface area contributed by atoms with Crippen LogP contribution in [0, 0.1) is 13.8 Å². The van der Waals surface area contributed by atoms with Crippen molar-refractivity contribution in [3.05, 3.63) is 144 Å². The second-order valence-electron chi connectivity index (χ2n) is 13.6. The highest BCUT2D eigenvalue weighted by Crippen LogP contribution is 2.28. The molecule has 0 unspecified atom stereocenters. The molecule has 0 radical (unpaired) electrons. The number of hydrogen-bond donors (Lipinski definition) is 0. The van der Waals surface area contributed by atoms with Gasteiger partial charge >= 0.3 is 8.80 Å². The smallest absolute Gasteiger partial charge is 0.370 e. The lowest BCUT2D eigenvalue weighted by molar-refractivity contribution is 0.0700. The molecule has 3 nitrogen and oxygen atoms in total. The number of thiophene rings is 2. The molecule has 0 aliphatic carbocycles. The van der Waals surface area contributed by atoms with E-state index in [4.69, 9.17) is 13.3 Å². The van der Waals surface area contributed by atoms with Crippen molar-refractivity contribution in [1.82, 2.24) is 0 Å². The third-order valence-corrected chi connectivity index (χ3v) is 14.2. The van der Waals surface area contributed by atoms with Crippen molar-refractivity contribution < 1.29 is 13.3 Å². The summed E-state index contributed by atoms with van der Waals surface area (Å²) < 4.78 is 19.5. The summed E-state index contributed by atoms with van der Waals surface area (Å²) in [6.07, 6.45) is 23.9. The minimum Gasteiger partial charge on any atom is -0.370 e. The van der Waals surface area contributed by atoms with Crippen molar-refractivity contribution in [1.29, 1.82) is 0 Å². The number of hydrogen-bond acceptors (Lipinski definition) is 5.